The predicted octanol–water partition coefficient (Wildman–Crippen LogP) is 2.80. The molecule has 0 atom stereocenters. The number of hydrogen-bond acceptors (Lipinski definition) is 5. The molecule has 0 spiro atoms. The number of aryl methyl sites for hydroxylation is 1. The van der Waals surface area contributed by atoms with Crippen LogP contribution in [0.2, 0.25) is 0 Å². The van der Waals surface area contributed by atoms with Crippen molar-refractivity contribution in [3.8, 4) is 5.75 Å². The summed E-state index contributed by atoms with van der Waals surface area (Å²) >= 11 is 0. The predicted molar refractivity (Wildman–Crippen MR) is 110 cm³/mol. The summed E-state index contributed by atoms with van der Waals surface area (Å²) in [4.78, 5) is 12.8. The highest BCUT2D eigenvalue weighted by atomic mass is 32.2. The molecule has 1 fully saturated rings. The third kappa shape index (κ3) is 4.71. The second-order valence-corrected chi connectivity index (χ2v) is 9.07. The number of sulfonamides is 1. The fourth-order valence-corrected chi connectivity index (χ4v) is 4.93. The van der Waals surface area contributed by atoms with E-state index in [-0.39, 0.29) is 17.3 Å². The summed E-state index contributed by atoms with van der Waals surface area (Å²) in [5.41, 5.74) is 2.68. The Labute approximate surface area is 172 Å². The molecule has 0 saturated carbocycles. The van der Waals surface area contributed by atoms with E-state index in [1.807, 2.05) is 19.9 Å². The number of carbonyl (C=O) groups is 1. The molecule has 0 amide bonds. The van der Waals surface area contributed by atoms with Crippen LogP contribution in [-0.4, -0.2) is 56.0 Å². The Kier molecular flexibility index (Phi) is 6.77. The Morgan fingerprint density at radius 3 is 2.41 bits per heavy atom. The van der Waals surface area contributed by atoms with Gasteiger partial charge >= 0.3 is 0 Å². The van der Waals surface area contributed by atoms with Gasteiger partial charge in [-0.25, -0.2) is 8.42 Å². The molecule has 2 heterocycles. The summed E-state index contributed by atoms with van der Waals surface area (Å²) in [6.07, 6.45) is 1.00. The van der Waals surface area contributed by atoms with Crippen LogP contribution >= 0.6 is 0 Å². The first kappa shape index (κ1) is 21.5. The third-order valence-corrected chi connectivity index (χ3v) is 7.04. The molecule has 2 aromatic rings. The van der Waals surface area contributed by atoms with Gasteiger partial charge in [0.15, 0.2) is 6.61 Å². The number of aromatic nitrogens is 1. The van der Waals surface area contributed by atoms with Crippen molar-refractivity contribution < 1.29 is 22.7 Å². The third-order valence-electron chi connectivity index (χ3n) is 5.12. The van der Waals surface area contributed by atoms with Gasteiger partial charge in [-0.2, -0.15) is 4.31 Å². The molecule has 0 radical (unpaired) electrons. The molecule has 29 heavy (non-hydrogen) atoms. The lowest BCUT2D eigenvalue weighted by Gasteiger charge is -2.26. The largest absolute Gasteiger partial charge is 0.485 e. The smallest absolute Gasteiger partial charge is 0.243 e. The average Bonchev–Trinajstić information content (AvgIpc) is 3.01. The van der Waals surface area contributed by atoms with Crippen molar-refractivity contribution in [2.24, 2.45) is 0 Å². The van der Waals surface area contributed by atoms with Crippen molar-refractivity contribution >= 4 is 15.8 Å². The molecule has 8 heteroatoms. The zero-order valence-electron chi connectivity index (χ0n) is 17.2. The number of rotatable bonds is 8. The van der Waals surface area contributed by atoms with E-state index >= 15 is 0 Å². The molecule has 7 nitrogen and oxygen atoms in total. The molecular weight excluding hydrogens is 392 g/mol. The number of carbonyl (C=O) groups excluding carboxylic acids is 1. The topological polar surface area (TPSA) is 77.8 Å². The maximum Gasteiger partial charge on any atom is 0.243 e. The molecule has 1 saturated heterocycles. The van der Waals surface area contributed by atoms with Crippen molar-refractivity contribution in [1.29, 1.82) is 0 Å². The van der Waals surface area contributed by atoms with Gasteiger partial charge in [-0.1, -0.05) is 6.92 Å². The highest BCUT2D eigenvalue weighted by molar-refractivity contribution is 7.89. The van der Waals surface area contributed by atoms with Gasteiger partial charge in [0.1, 0.15) is 5.75 Å². The van der Waals surface area contributed by atoms with E-state index in [0.29, 0.717) is 37.6 Å². The van der Waals surface area contributed by atoms with Crippen molar-refractivity contribution in [3.63, 3.8) is 0 Å². The Balaban J connectivity index is 1.65. The lowest BCUT2D eigenvalue weighted by molar-refractivity contribution is 0.0730. The highest BCUT2D eigenvalue weighted by Crippen LogP contribution is 2.21. The van der Waals surface area contributed by atoms with Crippen LogP contribution in [0.5, 0.6) is 5.75 Å². The molecule has 158 valence electrons. The van der Waals surface area contributed by atoms with Gasteiger partial charge in [0.25, 0.3) is 0 Å². The van der Waals surface area contributed by atoms with E-state index in [4.69, 9.17) is 9.47 Å². The first-order valence-corrected chi connectivity index (χ1v) is 11.3. The zero-order valence-corrected chi connectivity index (χ0v) is 18.0. The quantitative estimate of drug-likeness (QED) is 0.614. The molecular formula is C21H28N2O5S. The maximum atomic E-state index is 12.6. The standard InChI is InChI=1S/C21H28N2O5S/c1-4-9-23-16(2)14-20(17(23)3)21(24)15-28-18-5-7-19(8-6-18)29(25,26)22-10-12-27-13-11-22/h5-8,14H,4,9-13,15H2,1-3H3. The normalized spacial score (nSPS) is 15.4. The molecule has 1 aliphatic heterocycles. The Bertz CT molecular complexity index is 958. The second kappa shape index (κ2) is 9.11. The molecule has 3 rings (SSSR count). The summed E-state index contributed by atoms with van der Waals surface area (Å²) in [7, 11) is -3.54. The van der Waals surface area contributed by atoms with Crippen LogP contribution in [0, 0.1) is 13.8 Å². The van der Waals surface area contributed by atoms with Gasteiger partial charge in [0.2, 0.25) is 15.8 Å². The summed E-state index contributed by atoms with van der Waals surface area (Å²) in [6.45, 7) is 8.35. The van der Waals surface area contributed by atoms with Gasteiger partial charge in [-0.15, -0.1) is 0 Å². The van der Waals surface area contributed by atoms with E-state index < -0.39 is 10.0 Å². The van der Waals surface area contributed by atoms with Gasteiger partial charge in [-0.3, -0.25) is 4.79 Å². The molecule has 0 aliphatic carbocycles. The molecule has 1 aromatic carbocycles. The van der Waals surface area contributed by atoms with Crippen LogP contribution in [-0.2, 0) is 21.3 Å². The van der Waals surface area contributed by atoms with Crippen LogP contribution in [0.3, 0.4) is 0 Å². The summed E-state index contributed by atoms with van der Waals surface area (Å²) in [5.74, 6) is 0.368. The number of ether oxygens (including phenoxy) is 2. The number of Topliss-reactive ketones (excluding diaryl/α,β-unsaturated/α-hetero) is 1. The first-order valence-electron chi connectivity index (χ1n) is 9.85. The van der Waals surface area contributed by atoms with Crippen molar-refractivity contribution in [1.82, 2.24) is 8.87 Å². The average molecular weight is 421 g/mol. The molecule has 0 N–H and O–H groups in total. The number of nitrogens with zero attached hydrogens (tertiary/aromatic N) is 2. The van der Waals surface area contributed by atoms with Gasteiger partial charge in [0, 0.05) is 36.6 Å². The number of benzene rings is 1. The molecule has 1 aromatic heterocycles. The van der Waals surface area contributed by atoms with Crippen LogP contribution in [0.1, 0.15) is 35.1 Å². The molecule has 0 bridgehead atoms. The van der Waals surface area contributed by atoms with Gasteiger partial charge in [-0.05, 0) is 50.6 Å². The minimum absolute atomic E-state index is 0.0913. The van der Waals surface area contributed by atoms with E-state index in [9.17, 15) is 13.2 Å². The lowest BCUT2D eigenvalue weighted by atomic mass is 10.1. The fraction of sp³-hybridized carbons (Fsp3) is 0.476. The monoisotopic (exact) mass is 420 g/mol. The minimum Gasteiger partial charge on any atom is -0.485 e. The minimum atomic E-state index is -3.54. The summed E-state index contributed by atoms with van der Waals surface area (Å²) < 4.78 is 39.7. The van der Waals surface area contributed by atoms with E-state index in [1.165, 1.54) is 16.4 Å². The Morgan fingerprint density at radius 1 is 1.14 bits per heavy atom. The second-order valence-electron chi connectivity index (χ2n) is 7.14. The maximum absolute atomic E-state index is 12.6. The number of morpholine rings is 1. The summed E-state index contributed by atoms with van der Waals surface area (Å²) in [5, 5.41) is 0. The first-order chi connectivity index (χ1) is 13.8. The lowest BCUT2D eigenvalue weighted by Crippen LogP contribution is -2.40. The highest BCUT2D eigenvalue weighted by Gasteiger charge is 2.26. The van der Waals surface area contributed by atoms with Gasteiger partial charge < -0.3 is 14.0 Å². The van der Waals surface area contributed by atoms with Crippen molar-refractivity contribution in [2.75, 3.05) is 32.9 Å². The van der Waals surface area contributed by atoms with Crippen LogP contribution < -0.4 is 4.74 Å². The van der Waals surface area contributed by atoms with Crippen molar-refractivity contribution in [3.05, 3.63) is 47.3 Å². The fourth-order valence-electron chi connectivity index (χ4n) is 3.52. The van der Waals surface area contributed by atoms with E-state index in [2.05, 4.69) is 11.5 Å². The SMILES string of the molecule is CCCn1c(C)cc(C(=O)COc2ccc(S(=O)(=O)N3CCOCC3)cc2)c1C. The van der Waals surface area contributed by atoms with Crippen molar-refractivity contribution in [2.45, 2.75) is 38.6 Å². The number of ketones is 1. The summed E-state index contributed by atoms with van der Waals surface area (Å²) in [6, 6.07) is 8.09. The Morgan fingerprint density at radius 2 is 1.79 bits per heavy atom. The molecule has 1 aliphatic rings. The van der Waals surface area contributed by atoms with E-state index in [0.717, 1.165) is 24.4 Å². The molecule has 0 unspecified atom stereocenters. The van der Waals surface area contributed by atoms with Crippen LogP contribution in [0.4, 0.5) is 0 Å². The Hall–Kier alpha value is -2.16. The van der Waals surface area contributed by atoms with E-state index in [1.54, 1.807) is 12.1 Å². The van der Waals surface area contributed by atoms with Crippen LogP contribution in [0.25, 0.3) is 0 Å². The number of hydrogen-bond donors (Lipinski definition) is 0. The van der Waals surface area contributed by atoms with Crippen LogP contribution in [0.15, 0.2) is 35.2 Å². The zero-order chi connectivity index (χ0) is 21.0. The van der Waals surface area contributed by atoms with Gasteiger partial charge in [0.05, 0.1) is 18.1 Å².